The number of alkyl halides is 3. The molecule has 2 aliphatic heterocycles. The monoisotopic (exact) mass is 707 g/mol. The summed E-state index contributed by atoms with van der Waals surface area (Å²) >= 11 is 0. The number of fused-ring (bicyclic) bond motifs is 1. The molecule has 2 aromatic carbocycles. The minimum Gasteiger partial charge on any atom is -0.618 e. The Bertz CT molecular complexity index is 1760. The van der Waals surface area contributed by atoms with Gasteiger partial charge in [0, 0.05) is 64.2 Å². The fourth-order valence-corrected chi connectivity index (χ4v) is 6.93. The van der Waals surface area contributed by atoms with E-state index in [9.17, 15) is 23.2 Å². The number of aryl methyl sites for hydroxylation is 1. The maximum Gasteiger partial charge on any atom is 0.422 e. The lowest BCUT2D eigenvalue weighted by Gasteiger charge is -2.53. The van der Waals surface area contributed by atoms with E-state index in [0.29, 0.717) is 43.1 Å². The van der Waals surface area contributed by atoms with Crippen LogP contribution in [0.15, 0.2) is 73.1 Å². The number of methoxy groups -OCH3 is 1. The summed E-state index contributed by atoms with van der Waals surface area (Å²) < 4.78 is 57.0. The van der Waals surface area contributed by atoms with E-state index in [1.165, 1.54) is 19.5 Å². The molecule has 0 aliphatic carbocycles. The van der Waals surface area contributed by atoms with E-state index >= 15 is 0 Å². The largest absolute Gasteiger partial charge is 0.618 e. The maximum absolute atomic E-state index is 13.7. The Kier molecular flexibility index (Phi) is 10.9. The lowest BCUT2D eigenvalue weighted by Crippen LogP contribution is -2.67. The van der Waals surface area contributed by atoms with E-state index in [0.717, 1.165) is 11.1 Å². The Morgan fingerprint density at radius 1 is 0.980 bits per heavy atom. The molecule has 0 bridgehead atoms. The van der Waals surface area contributed by atoms with Crippen LogP contribution in [0.4, 0.5) is 13.2 Å². The van der Waals surface area contributed by atoms with Gasteiger partial charge < -0.3 is 24.3 Å². The van der Waals surface area contributed by atoms with Gasteiger partial charge in [-0.15, -0.1) is 0 Å². The molecule has 4 heterocycles. The lowest BCUT2D eigenvalue weighted by molar-refractivity contribution is -0.613. The topological polar surface area (TPSA) is 120 Å². The van der Waals surface area contributed by atoms with Crippen LogP contribution >= 0.6 is 0 Å². The Morgan fingerprint density at radius 3 is 2.25 bits per heavy atom. The minimum atomic E-state index is -4.60. The van der Waals surface area contributed by atoms with Crippen LogP contribution in [0.2, 0.25) is 0 Å². The molecule has 2 atom stereocenters. The van der Waals surface area contributed by atoms with E-state index in [2.05, 4.69) is 49.0 Å². The van der Waals surface area contributed by atoms with Crippen molar-refractivity contribution in [2.75, 3.05) is 53.0 Å². The Morgan fingerprint density at radius 2 is 1.65 bits per heavy atom. The zero-order chi connectivity index (χ0) is 36.1. The van der Waals surface area contributed by atoms with E-state index < -0.39 is 12.8 Å². The molecule has 4 aromatic rings. The average Bonchev–Trinajstić information content (AvgIpc) is 3.12. The minimum absolute atomic E-state index is 0.0454. The summed E-state index contributed by atoms with van der Waals surface area (Å²) in [5, 5.41) is 12.3. The fourth-order valence-electron chi connectivity index (χ4n) is 6.93. The molecule has 15 heteroatoms. The number of hydrogen-bond acceptors (Lipinski definition) is 10. The molecule has 2 aromatic heterocycles. The van der Waals surface area contributed by atoms with Gasteiger partial charge in [0.25, 0.3) is 5.91 Å². The standard InChI is InChI=1S/C36H40F3N7O5/c1-4-50-35-41-32(49-3)28(33(42-35)51-23-36(37,38)39)20-43-18-27-19-44(34(47)29-21-46(48)24(2)17-40-29)15-16-45(27)30(22-43)31(25-11-7-5-8-12-25)26-13-9-6-10-14-26/h5-14,17,21,27,30-31H,4,15-16,18-20,22-23H2,1-3H3/t27-,30+/m1/s1. The number of benzene rings is 2. The summed E-state index contributed by atoms with van der Waals surface area (Å²) in [6, 6.07) is 19.9. The summed E-state index contributed by atoms with van der Waals surface area (Å²) in [5.74, 6) is -0.664. The second kappa shape index (κ2) is 15.5. The fraction of sp³-hybridized carbons (Fsp3) is 0.417. The van der Waals surface area contributed by atoms with Gasteiger partial charge >= 0.3 is 12.2 Å². The molecule has 0 spiro atoms. The van der Waals surface area contributed by atoms with Gasteiger partial charge in [0.2, 0.25) is 23.7 Å². The second-order valence-electron chi connectivity index (χ2n) is 12.6. The first-order valence-electron chi connectivity index (χ1n) is 16.7. The number of amides is 1. The molecule has 270 valence electrons. The number of aromatic nitrogens is 4. The van der Waals surface area contributed by atoms with Gasteiger partial charge in [-0.25, -0.2) is 4.98 Å². The van der Waals surface area contributed by atoms with Crippen LogP contribution in [0.25, 0.3) is 0 Å². The van der Waals surface area contributed by atoms with E-state index in [-0.39, 0.29) is 66.1 Å². The molecule has 2 fully saturated rings. The molecular weight excluding hydrogens is 667 g/mol. The van der Waals surface area contributed by atoms with Crippen LogP contribution in [0, 0.1) is 12.1 Å². The normalized spacial score (nSPS) is 18.4. The number of carbonyl (C=O) groups is 1. The highest BCUT2D eigenvalue weighted by molar-refractivity contribution is 5.91. The summed E-state index contributed by atoms with van der Waals surface area (Å²) in [5.41, 5.74) is 2.89. The first-order valence-corrected chi connectivity index (χ1v) is 16.7. The van der Waals surface area contributed by atoms with Crippen molar-refractivity contribution < 1.29 is 36.9 Å². The third-order valence-corrected chi connectivity index (χ3v) is 9.19. The molecular formula is C36H40F3N7O5. The SMILES string of the molecule is CCOc1nc(OC)c(CN2C[C@@H]3CN(C(=O)c4c[n+]([O-])c(C)cn4)CCN3[C@H](C(c3ccccc3)c3ccccc3)C2)c(OCC(F)(F)F)n1. The van der Waals surface area contributed by atoms with Gasteiger partial charge in [0.1, 0.15) is 0 Å². The summed E-state index contributed by atoms with van der Waals surface area (Å²) in [7, 11) is 1.38. The smallest absolute Gasteiger partial charge is 0.422 e. The Labute approximate surface area is 294 Å². The van der Waals surface area contributed by atoms with Gasteiger partial charge in [0.15, 0.2) is 12.3 Å². The highest BCUT2D eigenvalue weighted by Crippen LogP contribution is 2.38. The zero-order valence-electron chi connectivity index (χ0n) is 28.6. The van der Waals surface area contributed by atoms with Crippen LogP contribution in [0.3, 0.4) is 0 Å². The van der Waals surface area contributed by atoms with Gasteiger partial charge in [-0.3, -0.25) is 14.6 Å². The van der Waals surface area contributed by atoms with Crippen molar-refractivity contribution in [3.8, 4) is 17.8 Å². The van der Waals surface area contributed by atoms with Crippen LogP contribution < -0.4 is 18.9 Å². The molecule has 51 heavy (non-hydrogen) atoms. The first-order chi connectivity index (χ1) is 24.5. The van der Waals surface area contributed by atoms with E-state index in [1.807, 2.05) is 36.4 Å². The van der Waals surface area contributed by atoms with Gasteiger partial charge in [-0.1, -0.05) is 60.7 Å². The summed E-state index contributed by atoms with van der Waals surface area (Å²) in [6.45, 7) is 4.35. The quantitative estimate of drug-likeness (QED) is 0.167. The van der Waals surface area contributed by atoms with Crippen molar-refractivity contribution in [2.45, 2.75) is 44.6 Å². The van der Waals surface area contributed by atoms with Crippen molar-refractivity contribution >= 4 is 5.91 Å². The molecule has 0 N–H and O–H groups in total. The van der Waals surface area contributed by atoms with Gasteiger partial charge in [-0.2, -0.15) is 27.9 Å². The zero-order valence-corrected chi connectivity index (χ0v) is 28.6. The number of nitrogens with zero attached hydrogens (tertiary/aromatic N) is 7. The summed E-state index contributed by atoms with van der Waals surface area (Å²) in [6.07, 6.45) is -2.03. The molecule has 0 saturated carbocycles. The highest BCUT2D eigenvalue weighted by Gasteiger charge is 2.44. The van der Waals surface area contributed by atoms with Crippen molar-refractivity contribution in [3.05, 3.63) is 106 Å². The lowest BCUT2D eigenvalue weighted by atomic mass is 9.81. The maximum atomic E-state index is 13.7. The predicted molar refractivity (Wildman–Crippen MR) is 179 cm³/mol. The number of rotatable bonds is 11. The Balaban J connectivity index is 1.38. The molecule has 2 saturated heterocycles. The third kappa shape index (κ3) is 8.31. The van der Waals surface area contributed by atoms with Crippen LogP contribution in [0.1, 0.15) is 45.7 Å². The number of ether oxygens (including phenoxy) is 3. The van der Waals surface area contributed by atoms with Crippen molar-refractivity contribution in [1.82, 2.24) is 29.7 Å². The molecule has 1 amide bonds. The second-order valence-corrected chi connectivity index (χ2v) is 12.6. The third-order valence-electron chi connectivity index (χ3n) is 9.19. The molecule has 6 rings (SSSR count). The molecule has 0 radical (unpaired) electrons. The van der Waals surface area contributed by atoms with E-state index in [1.54, 1.807) is 18.7 Å². The van der Waals surface area contributed by atoms with Crippen LogP contribution in [-0.4, -0.2) is 107 Å². The van der Waals surface area contributed by atoms with Crippen LogP contribution in [-0.2, 0) is 6.54 Å². The predicted octanol–water partition coefficient (Wildman–Crippen LogP) is 4.00. The first kappa shape index (κ1) is 35.8. The molecule has 12 nitrogen and oxygen atoms in total. The van der Waals surface area contributed by atoms with Crippen molar-refractivity contribution in [3.63, 3.8) is 0 Å². The van der Waals surface area contributed by atoms with Gasteiger partial charge in [-0.05, 0) is 18.1 Å². The number of piperazine rings is 2. The molecule has 2 aliphatic rings. The number of hydrogen-bond donors (Lipinski definition) is 0. The van der Waals surface area contributed by atoms with E-state index in [4.69, 9.17) is 14.2 Å². The highest BCUT2D eigenvalue weighted by atomic mass is 19.4. The van der Waals surface area contributed by atoms with Gasteiger partial charge in [0.05, 0.1) is 25.5 Å². The summed E-state index contributed by atoms with van der Waals surface area (Å²) in [4.78, 5) is 32.7. The van der Waals surface area contributed by atoms with Crippen LogP contribution in [0.5, 0.6) is 17.8 Å². The Hall–Kier alpha value is -5.02. The van der Waals surface area contributed by atoms with Crippen molar-refractivity contribution in [1.29, 1.82) is 0 Å². The average molecular weight is 708 g/mol. The number of halogens is 3. The van der Waals surface area contributed by atoms with Crippen molar-refractivity contribution in [2.24, 2.45) is 0 Å². The number of carbonyl (C=O) groups excluding carboxylic acids is 1. The molecule has 0 unspecified atom stereocenters.